The van der Waals surface area contributed by atoms with Gasteiger partial charge in [-0.25, -0.2) is 4.79 Å². The van der Waals surface area contributed by atoms with Gasteiger partial charge in [0.1, 0.15) is 5.54 Å². The summed E-state index contributed by atoms with van der Waals surface area (Å²) < 4.78 is 1.78. The second kappa shape index (κ2) is 6.61. The molecule has 2 aliphatic heterocycles. The van der Waals surface area contributed by atoms with Gasteiger partial charge in [0.15, 0.2) is 0 Å². The number of benzene rings is 1. The van der Waals surface area contributed by atoms with Gasteiger partial charge in [-0.15, -0.1) is 0 Å². The van der Waals surface area contributed by atoms with Crippen molar-refractivity contribution in [1.82, 2.24) is 19.6 Å². The molecule has 1 aromatic heterocycles. The summed E-state index contributed by atoms with van der Waals surface area (Å²) in [5, 5.41) is 13.5. The maximum Gasteiger partial charge on any atom is 0.407 e. The monoisotopic (exact) mass is 369 g/mol. The zero-order valence-corrected chi connectivity index (χ0v) is 15.3. The van der Waals surface area contributed by atoms with E-state index in [1.807, 2.05) is 48.3 Å². The third-order valence-corrected chi connectivity index (χ3v) is 5.72. The van der Waals surface area contributed by atoms with Crippen LogP contribution in [0.25, 0.3) is 0 Å². The lowest BCUT2D eigenvalue weighted by molar-refractivity contribution is -0.134. The fraction of sp³-hybridized carbons (Fsp3) is 0.421. The smallest absolute Gasteiger partial charge is 0.407 e. The molecule has 142 valence electrons. The van der Waals surface area contributed by atoms with Crippen LogP contribution in [0.2, 0.25) is 0 Å². The first-order valence-corrected chi connectivity index (χ1v) is 9.08. The number of anilines is 1. The Morgan fingerprint density at radius 2 is 1.89 bits per heavy atom. The standard InChI is InChI=1S/C19H23N5O3/c1-21-16(7-10-20-21)13-23-14-24(15-5-3-2-4-6-15)19(17(23)25)8-11-22(12-9-19)18(26)27/h2-7,10H,8-9,11-14H2,1H3,(H,26,27). The van der Waals surface area contributed by atoms with Gasteiger partial charge in [-0.05, 0) is 31.0 Å². The van der Waals surface area contributed by atoms with E-state index in [1.54, 1.807) is 10.9 Å². The summed E-state index contributed by atoms with van der Waals surface area (Å²) in [5.74, 6) is 0.0672. The van der Waals surface area contributed by atoms with Crippen LogP contribution in [0.15, 0.2) is 42.6 Å². The Balaban J connectivity index is 1.65. The first kappa shape index (κ1) is 17.4. The Morgan fingerprint density at radius 1 is 1.19 bits per heavy atom. The van der Waals surface area contributed by atoms with Gasteiger partial charge in [0.2, 0.25) is 5.91 Å². The SMILES string of the molecule is Cn1nccc1CN1CN(c2ccccc2)C2(CCN(C(=O)O)CC2)C1=O. The van der Waals surface area contributed by atoms with Crippen molar-refractivity contribution in [3.05, 3.63) is 48.3 Å². The maximum absolute atomic E-state index is 13.5. The van der Waals surface area contributed by atoms with Gasteiger partial charge in [0, 0.05) is 32.0 Å². The highest BCUT2D eigenvalue weighted by Gasteiger charge is 2.54. The molecule has 3 heterocycles. The van der Waals surface area contributed by atoms with Crippen molar-refractivity contribution in [3.63, 3.8) is 0 Å². The second-order valence-corrected chi connectivity index (χ2v) is 7.16. The van der Waals surface area contributed by atoms with Gasteiger partial charge in [-0.2, -0.15) is 5.10 Å². The molecule has 2 saturated heterocycles. The average Bonchev–Trinajstić information content (AvgIpc) is 3.20. The number of aryl methyl sites for hydroxylation is 1. The van der Waals surface area contributed by atoms with E-state index in [-0.39, 0.29) is 5.91 Å². The summed E-state index contributed by atoms with van der Waals surface area (Å²) in [6.45, 7) is 1.71. The lowest BCUT2D eigenvalue weighted by Crippen LogP contribution is -2.57. The highest BCUT2D eigenvalue weighted by atomic mass is 16.4. The van der Waals surface area contributed by atoms with Crippen LogP contribution in [0.5, 0.6) is 0 Å². The number of rotatable bonds is 3. The molecule has 2 amide bonds. The van der Waals surface area contributed by atoms with E-state index >= 15 is 0 Å². The fourth-order valence-electron chi connectivity index (χ4n) is 4.14. The lowest BCUT2D eigenvalue weighted by atomic mass is 9.85. The van der Waals surface area contributed by atoms with Gasteiger partial charge in [-0.3, -0.25) is 9.48 Å². The molecule has 1 spiro atoms. The van der Waals surface area contributed by atoms with Crippen LogP contribution in [0.3, 0.4) is 0 Å². The third kappa shape index (κ3) is 2.90. The molecular formula is C19H23N5O3. The lowest BCUT2D eigenvalue weighted by Gasteiger charge is -2.42. The van der Waals surface area contributed by atoms with E-state index in [4.69, 9.17) is 0 Å². The predicted molar refractivity (Wildman–Crippen MR) is 99.1 cm³/mol. The number of aromatic nitrogens is 2. The van der Waals surface area contributed by atoms with Crippen molar-refractivity contribution in [2.75, 3.05) is 24.7 Å². The zero-order chi connectivity index (χ0) is 19.0. The van der Waals surface area contributed by atoms with E-state index in [0.717, 1.165) is 11.4 Å². The van der Waals surface area contributed by atoms with Crippen molar-refractivity contribution < 1.29 is 14.7 Å². The number of nitrogens with zero attached hydrogens (tertiary/aromatic N) is 5. The van der Waals surface area contributed by atoms with Crippen molar-refractivity contribution in [3.8, 4) is 0 Å². The third-order valence-electron chi connectivity index (χ3n) is 5.72. The van der Waals surface area contributed by atoms with Crippen molar-refractivity contribution >= 4 is 17.7 Å². The fourth-order valence-corrected chi connectivity index (χ4v) is 4.14. The number of para-hydroxylation sites is 1. The van der Waals surface area contributed by atoms with Crippen LogP contribution in [0, 0.1) is 0 Å². The Hall–Kier alpha value is -3.03. The molecular weight excluding hydrogens is 346 g/mol. The molecule has 2 fully saturated rings. The first-order valence-electron chi connectivity index (χ1n) is 9.08. The Morgan fingerprint density at radius 3 is 2.48 bits per heavy atom. The quantitative estimate of drug-likeness (QED) is 0.891. The summed E-state index contributed by atoms with van der Waals surface area (Å²) in [4.78, 5) is 30.2. The minimum absolute atomic E-state index is 0.0672. The largest absolute Gasteiger partial charge is 0.465 e. The number of piperidine rings is 1. The number of carbonyl (C=O) groups excluding carboxylic acids is 1. The van der Waals surface area contributed by atoms with Crippen molar-refractivity contribution in [2.45, 2.75) is 24.9 Å². The minimum atomic E-state index is -0.923. The van der Waals surface area contributed by atoms with E-state index in [0.29, 0.717) is 39.1 Å². The molecule has 0 saturated carbocycles. The number of likely N-dealkylation sites (tertiary alicyclic amines) is 1. The van der Waals surface area contributed by atoms with E-state index < -0.39 is 11.6 Å². The second-order valence-electron chi connectivity index (χ2n) is 7.16. The molecule has 0 bridgehead atoms. The van der Waals surface area contributed by atoms with Gasteiger partial charge in [-0.1, -0.05) is 18.2 Å². The molecule has 2 aliphatic rings. The average molecular weight is 369 g/mol. The normalized spacial score (nSPS) is 19.1. The molecule has 4 rings (SSSR count). The molecule has 0 atom stereocenters. The van der Waals surface area contributed by atoms with Gasteiger partial charge < -0.3 is 19.8 Å². The number of carboxylic acid groups (broad SMARTS) is 1. The number of hydrogen-bond acceptors (Lipinski definition) is 4. The van der Waals surface area contributed by atoms with Crippen molar-refractivity contribution in [1.29, 1.82) is 0 Å². The zero-order valence-electron chi connectivity index (χ0n) is 15.3. The predicted octanol–water partition coefficient (Wildman–Crippen LogP) is 1.74. The molecule has 1 aromatic carbocycles. The van der Waals surface area contributed by atoms with Crippen LogP contribution in [-0.4, -0.2) is 62.0 Å². The molecule has 27 heavy (non-hydrogen) atoms. The van der Waals surface area contributed by atoms with Crippen LogP contribution in [-0.2, 0) is 18.4 Å². The molecule has 0 radical (unpaired) electrons. The van der Waals surface area contributed by atoms with Crippen LogP contribution in [0.1, 0.15) is 18.5 Å². The highest BCUT2D eigenvalue weighted by molar-refractivity contribution is 5.93. The summed E-state index contributed by atoms with van der Waals surface area (Å²) >= 11 is 0. The summed E-state index contributed by atoms with van der Waals surface area (Å²) in [5.41, 5.74) is 1.27. The summed E-state index contributed by atoms with van der Waals surface area (Å²) in [7, 11) is 1.87. The number of hydrogen-bond donors (Lipinski definition) is 1. The number of carbonyl (C=O) groups is 2. The van der Waals surface area contributed by atoms with Crippen LogP contribution >= 0.6 is 0 Å². The van der Waals surface area contributed by atoms with Gasteiger partial charge in [0.25, 0.3) is 0 Å². The minimum Gasteiger partial charge on any atom is -0.465 e. The molecule has 0 unspecified atom stereocenters. The molecule has 0 aliphatic carbocycles. The molecule has 8 heteroatoms. The van der Waals surface area contributed by atoms with E-state index in [1.165, 1.54) is 4.90 Å². The van der Waals surface area contributed by atoms with Crippen LogP contribution in [0.4, 0.5) is 10.5 Å². The van der Waals surface area contributed by atoms with Gasteiger partial charge >= 0.3 is 6.09 Å². The van der Waals surface area contributed by atoms with Gasteiger partial charge in [0.05, 0.1) is 18.9 Å². The molecule has 2 aromatic rings. The van der Waals surface area contributed by atoms with E-state index in [9.17, 15) is 14.7 Å². The first-order chi connectivity index (χ1) is 13.0. The van der Waals surface area contributed by atoms with E-state index in [2.05, 4.69) is 10.00 Å². The summed E-state index contributed by atoms with van der Waals surface area (Å²) in [6.07, 6.45) is 1.80. The number of amides is 2. The Labute approximate surface area is 157 Å². The molecule has 8 nitrogen and oxygen atoms in total. The summed E-state index contributed by atoms with van der Waals surface area (Å²) in [6, 6.07) is 11.8. The maximum atomic E-state index is 13.5. The Bertz CT molecular complexity index is 842. The van der Waals surface area contributed by atoms with Crippen LogP contribution < -0.4 is 4.90 Å². The highest BCUT2D eigenvalue weighted by Crippen LogP contribution is 2.39. The van der Waals surface area contributed by atoms with Crippen molar-refractivity contribution in [2.24, 2.45) is 7.05 Å². The molecule has 1 N–H and O–H groups in total. The Kier molecular flexibility index (Phi) is 4.25. The topological polar surface area (TPSA) is 81.9 Å².